The number of nitrogens with one attached hydrogen (secondary N) is 1. The topological polar surface area (TPSA) is 65.4 Å². The van der Waals surface area contributed by atoms with Gasteiger partial charge < -0.3 is 14.8 Å². The Labute approximate surface area is 162 Å². The van der Waals surface area contributed by atoms with Gasteiger partial charge in [0.2, 0.25) is 0 Å². The average molecular weight is 383 g/mol. The third kappa shape index (κ3) is 3.83. The van der Waals surface area contributed by atoms with Gasteiger partial charge in [-0.15, -0.1) is 0 Å². The normalized spacial score (nSPS) is 10.6. The van der Waals surface area contributed by atoms with Crippen molar-refractivity contribution in [2.24, 2.45) is 0 Å². The fraction of sp³-hybridized carbons (Fsp3) is 0.238. The molecule has 1 aromatic heterocycles. The number of methoxy groups -OCH3 is 2. The molecule has 0 saturated heterocycles. The van der Waals surface area contributed by atoms with Crippen LogP contribution in [0.1, 0.15) is 27.3 Å². The van der Waals surface area contributed by atoms with Crippen LogP contribution in [0.15, 0.2) is 42.5 Å². The molecule has 7 heteroatoms. The number of halogens is 1. The first-order chi connectivity index (χ1) is 13.4. The molecule has 0 spiro atoms. The molecule has 0 saturated carbocycles. The highest BCUT2D eigenvalue weighted by atomic mass is 19.1. The quantitative estimate of drug-likeness (QED) is 0.707. The van der Waals surface area contributed by atoms with Gasteiger partial charge in [-0.25, -0.2) is 9.07 Å². The van der Waals surface area contributed by atoms with Gasteiger partial charge in [-0.1, -0.05) is 6.07 Å². The van der Waals surface area contributed by atoms with Crippen molar-refractivity contribution in [1.29, 1.82) is 0 Å². The summed E-state index contributed by atoms with van der Waals surface area (Å²) in [6, 6.07) is 11.5. The Morgan fingerprint density at radius 3 is 2.39 bits per heavy atom. The fourth-order valence-corrected chi connectivity index (χ4v) is 3.07. The van der Waals surface area contributed by atoms with Crippen LogP contribution in [-0.2, 0) is 6.54 Å². The van der Waals surface area contributed by atoms with Crippen LogP contribution < -0.4 is 14.8 Å². The minimum atomic E-state index is -0.321. The molecule has 3 rings (SSSR count). The van der Waals surface area contributed by atoms with Crippen LogP contribution in [0.4, 0.5) is 4.39 Å². The van der Waals surface area contributed by atoms with Gasteiger partial charge in [0.15, 0.2) is 11.5 Å². The zero-order valence-electron chi connectivity index (χ0n) is 16.2. The molecule has 0 bridgehead atoms. The number of nitrogens with zero attached hydrogens (tertiary/aromatic N) is 2. The maximum atomic E-state index is 13.2. The van der Waals surface area contributed by atoms with E-state index in [1.165, 1.54) is 12.1 Å². The number of aryl methyl sites for hydroxylation is 1. The van der Waals surface area contributed by atoms with Gasteiger partial charge in [-0.3, -0.25) is 4.79 Å². The molecule has 28 heavy (non-hydrogen) atoms. The van der Waals surface area contributed by atoms with Gasteiger partial charge >= 0.3 is 0 Å². The molecule has 6 nitrogen and oxygen atoms in total. The third-order valence-corrected chi connectivity index (χ3v) is 4.49. The monoisotopic (exact) mass is 383 g/mol. The first-order valence-corrected chi connectivity index (χ1v) is 8.76. The predicted molar refractivity (Wildman–Crippen MR) is 104 cm³/mol. The largest absolute Gasteiger partial charge is 0.493 e. The summed E-state index contributed by atoms with van der Waals surface area (Å²) in [5.74, 6) is 0.687. The Kier molecular flexibility index (Phi) is 5.63. The van der Waals surface area contributed by atoms with E-state index < -0.39 is 0 Å². The van der Waals surface area contributed by atoms with Crippen LogP contribution in [0.2, 0.25) is 0 Å². The summed E-state index contributed by atoms with van der Waals surface area (Å²) in [5, 5.41) is 7.34. The lowest BCUT2D eigenvalue weighted by Crippen LogP contribution is -2.24. The van der Waals surface area contributed by atoms with Crippen LogP contribution in [0, 0.1) is 19.7 Å². The number of carbonyl (C=O) groups excluding carboxylic acids is 1. The standard InChI is InChI=1S/C21H22FN3O3/c1-13-20(14(2)25(24-13)17-8-6-16(22)7-9-17)21(26)23-12-15-5-10-18(27-3)19(11-15)28-4/h5-11H,12H2,1-4H3,(H,23,26). The van der Waals surface area contributed by atoms with Crippen LogP contribution in [0.3, 0.4) is 0 Å². The maximum absolute atomic E-state index is 13.2. The molecular formula is C21H22FN3O3. The van der Waals surface area contributed by atoms with Crippen molar-refractivity contribution in [1.82, 2.24) is 15.1 Å². The summed E-state index contributed by atoms with van der Waals surface area (Å²) in [4.78, 5) is 12.8. The maximum Gasteiger partial charge on any atom is 0.255 e. The average Bonchev–Trinajstić information content (AvgIpc) is 3.00. The van der Waals surface area contributed by atoms with Crippen molar-refractivity contribution in [2.75, 3.05) is 14.2 Å². The lowest BCUT2D eigenvalue weighted by Gasteiger charge is -2.10. The summed E-state index contributed by atoms with van der Waals surface area (Å²) >= 11 is 0. The third-order valence-electron chi connectivity index (χ3n) is 4.49. The first-order valence-electron chi connectivity index (χ1n) is 8.76. The van der Waals surface area contributed by atoms with E-state index in [-0.39, 0.29) is 11.7 Å². The number of hydrogen-bond donors (Lipinski definition) is 1. The zero-order chi connectivity index (χ0) is 20.3. The molecule has 1 heterocycles. The zero-order valence-corrected chi connectivity index (χ0v) is 16.2. The van der Waals surface area contributed by atoms with Crippen molar-refractivity contribution in [3.05, 3.63) is 70.8 Å². The highest BCUT2D eigenvalue weighted by molar-refractivity contribution is 5.96. The molecule has 0 radical (unpaired) electrons. The summed E-state index contributed by atoms with van der Waals surface area (Å²) in [5.41, 5.74) is 3.37. The Hall–Kier alpha value is -3.35. The molecule has 1 amide bonds. The Morgan fingerprint density at radius 1 is 1.07 bits per heavy atom. The van der Waals surface area contributed by atoms with E-state index in [0.717, 1.165) is 5.56 Å². The Balaban J connectivity index is 1.79. The predicted octanol–water partition coefficient (Wildman–Crippen LogP) is 3.58. The lowest BCUT2D eigenvalue weighted by atomic mass is 10.1. The van der Waals surface area contributed by atoms with Gasteiger partial charge in [0.05, 0.1) is 36.9 Å². The number of benzene rings is 2. The first kappa shape index (κ1) is 19.4. The van der Waals surface area contributed by atoms with E-state index in [0.29, 0.717) is 40.7 Å². The van der Waals surface area contributed by atoms with Crippen molar-refractivity contribution in [3.63, 3.8) is 0 Å². The Bertz CT molecular complexity index is 997. The molecule has 1 N–H and O–H groups in total. The van der Waals surface area contributed by atoms with E-state index in [2.05, 4.69) is 10.4 Å². The van der Waals surface area contributed by atoms with Crippen LogP contribution >= 0.6 is 0 Å². The van der Waals surface area contributed by atoms with Crippen molar-refractivity contribution < 1.29 is 18.7 Å². The minimum Gasteiger partial charge on any atom is -0.493 e. The summed E-state index contributed by atoms with van der Waals surface area (Å²) in [6.45, 7) is 3.92. The van der Waals surface area contributed by atoms with Crippen molar-refractivity contribution >= 4 is 5.91 Å². The number of rotatable bonds is 6. The molecule has 0 unspecified atom stereocenters. The molecule has 0 aliphatic rings. The molecule has 2 aromatic carbocycles. The van der Waals surface area contributed by atoms with Gasteiger partial charge in [-0.2, -0.15) is 5.10 Å². The number of aromatic nitrogens is 2. The fourth-order valence-electron chi connectivity index (χ4n) is 3.07. The molecule has 0 atom stereocenters. The van der Waals surface area contributed by atoms with E-state index >= 15 is 0 Å². The van der Waals surface area contributed by atoms with E-state index in [9.17, 15) is 9.18 Å². The molecule has 146 valence electrons. The van der Waals surface area contributed by atoms with Crippen molar-refractivity contribution in [2.45, 2.75) is 20.4 Å². The molecule has 0 fully saturated rings. The smallest absolute Gasteiger partial charge is 0.255 e. The van der Waals surface area contributed by atoms with E-state index in [1.807, 2.05) is 19.1 Å². The SMILES string of the molecule is COc1ccc(CNC(=O)c2c(C)nn(-c3ccc(F)cc3)c2C)cc1OC. The van der Waals surface area contributed by atoms with E-state index in [1.54, 1.807) is 44.0 Å². The summed E-state index contributed by atoms with van der Waals surface area (Å²) in [6.07, 6.45) is 0. The molecule has 0 aliphatic heterocycles. The number of carbonyl (C=O) groups is 1. The summed E-state index contributed by atoms with van der Waals surface area (Å²) < 4.78 is 25.3. The van der Waals surface area contributed by atoms with Crippen molar-refractivity contribution in [3.8, 4) is 17.2 Å². The van der Waals surface area contributed by atoms with Gasteiger partial charge in [0, 0.05) is 6.54 Å². The molecular weight excluding hydrogens is 361 g/mol. The molecule has 3 aromatic rings. The number of ether oxygens (including phenoxy) is 2. The second kappa shape index (κ2) is 8.12. The minimum absolute atomic E-state index is 0.224. The van der Waals surface area contributed by atoms with Gasteiger partial charge in [0.25, 0.3) is 5.91 Å². The van der Waals surface area contributed by atoms with Gasteiger partial charge in [-0.05, 0) is 55.8 Å². The van der Waals surface area contributed by atoms with Crippen LogP contribution in [0.5, 0.6) is 11.5 Å². The number of hydrogen-bond acceptors (Lipinski definition) is 4. The highest BCUT2D eigenvalue weighted by Gasteiger charge is 2.19. The summed E-state index contributed by atoms with van der Waals surface area (Å²) in [7, 11) is 3.14. The lowest BCUT2D eigenvalue weighted by molar-refractivity contribution is 0.0949. The van der Waals surface area contributed by atoms with E-state index in [4.69, 9.17) is 9.47 Å². The van der Waals surface area contributed by atoms with Gasteiger partial charge in [0.1, 0.15) is 5.82 Å². The molecule has 0 aliphatic carbocycles. The highest BCUT2D eigenvalue weighted by Crippen LogP contribution is 2.27. The Morgan fingerprint density at radius 2 is 1.75 bits per heavy atom. The van der Waals surface area contributed by atoms with Crippen LogP contribution in [-0.4, -0.2) is 29.9 Å². The second-order valence-corrected chi connectivity index (χ2v) is 6.31. The van der Waals surface area contributed by atoms with Crippen LogP contribution in [0.25, 0.3) is 5.69 Å². The second-order valence-electron chi connectivity index (χ2n) is 6.31. The number of amides is 1.